The Hall–Kier alpha value is -0.810. The van der Waals surface area contributed by atoms with Gasteiger partial charge >= 0.3 is 0 Å². The number of aliphatic hydroxyl groups is 1. The second kappa shape index (κ2) is 8.74. The van der Waals surface area contributed by atoms with E-state index in [1.165, 1.54) is 19.3 Å². The van der Waals surface area contributed by atoms with Crippen LogP contribution < -0.4 is 0 Å². The van der Waals surface area contributed by atoms with Gasteiger partial charge in [0.05, 0.1) is 17.0 Å². The van der Waals surface area contributed by atoms with Crippen LogP contribution in [0.25, 0.3) is 0 Å². The maximum Gasteiger partial charge on any atom is 0.143 e. The number of hydrogen-bond acceptors (Lipinski definition) is 4. The van der Waals surface area contributed by atoms with Gasteiger partial charge in [-0.2, -0.15) is 0 Å². The van der Waals surface area contributed by atoms with Crippen LogP contribution in [0.2, 0.25) is 0 Å². The van der Waals surface area contributed by atoms with Gasteiger partial charge in [-0.1, -0.05) is 32.6 Å². The maximum atomic E-state index is 13.3. The van der Waals surface area contributed by atoms with Crippen LogP contribution in [0, 0.1) is 29.1 Å². The van der Waals surface area contributed by atoms with Gasteiger partial charge in [0.1, 0.15) is 12.5 Å². The Kier molecular flexibility index (Phi) is 6.46. The zero-order valence-corrected chi connectivity index (χ0v) is 18.6. The van der Waals surface area contributed by atoms with E-state index in [1.807, 2.05) is 5.38 Å². The number of aromatic nitrogens is 1. The number of carbonyl (C=O) groups is 1. The van der Waals surface area contributed by atoms with E-state index < -0.39 is 12.3 Å². The van der Waals surface area contributed by atoms with E-state index in [0.29, 0.717) is 42.8 Å². The molecule has 0 aromatic carbocycles. The first-order valence-corrected chi connectivity index (χ1v) is 12.5. The van der Waals surface area contributed by atoms with Crippen molar-refractivity contribution in [3.05, 3.63) is 16.6 Å². The number of rotatable bonds is 4. The van der Waals surface area contributed by atoms with Gasteiger partial charge in [0.15, 0.2) is 0 Å². The average molecular weight is 422 g/mol. The SMILES string of the molecule is CC12CCC3CCCC(O)(CF)CCCCC3C1CCC2C(=O)Cc1nccs1. The van der Waals surface area contributed by atoms with Crippen molar-refractivity contribution in [2.75, 3.05) is 6.67 Å². The first-order valence-electron chi connectivity index (χ1n) is 11.6. The number of carbonyl (C=O) groups excluding carboxylic acids is 1. The number of ketones is 1. The van der Waals surface area contributed by atoms with Gasteiger partial charge in [-0.25, -0.2) is 9.37 Å². The summed E-state index contributed by atoms with van der Waals surface area (Å²) in [6, 6.07) is 0. The van der Waals surface area contributed by atoms with E-state index in [-0.39, 0.29) is 11.3 Å². The quantitative estimate of drug-likeness (QED) is 0.672. The summed E-state index contributed by atoms with van der Waals surface area (Å²) in [4.78, 5) is 17.5. The van der Waals surface area contributed by atoms with Crippen molar-refractivity contribution in [1.82, 2.24) is 4.98 Å². The van der Waals surface area contributed by atoms with Crippen molar-refractivity contribution in [2.24, 2.45) is 29.1 Å². The number of Topliss-reactive ketones (excluding diaryl/α,β-unsaturated/α-hetero) is 1. The van der Waals surface area contributed by atoms with Crippen LogP contribution >= 0.6 is 11.3 Å². The highest BCUT2D eigenvalue weighted by atomic mass is 32.1. The summed E-state index contributed by atoms with van der Waals surface area (Å²) >= 11 is 1.59. The Morgan fingerprint density at radius 1 is 1.17 bits per heavy atom. The lowest BCUT2D eigenvalue weighted by Gasteiger charge is -2.49. The molecule has 1 N–H and O–H groups in total. The molecule has 0 aliphatic heterocycles. The molecule has 0 amide bonds. The lowest BCUT2D eigenvalue weighted by Crippen LogP contribution is -2.44. The van der Waals surface area contributed by atoms with E-state index in [1.54, 1.807) is 17.5 Å². The van der Waals surface area contributed by atoms with Gasteiger partial charge in [-0.15, -0.1) is 11.3 Å². The molecule has 3 nitrogen and oxygen atoms in total. The first kappa shape index (κ1) is 21.4. The highest BCUT2D eigenvalue weighted by molar-refractivity contribution is 7.09. The van der Waals surface area contributed by atoms with Crippen LogP contribution in [-0.4, -0.2) is 28.1 Å². The topological polar surface area (TPSA) is 50.2 Å². The lowest BCUT2D eigenvalue weighted by atomic mass is 9.55. The summed E-state index contributed by atoms with van der Waals surface area (Å²) in [5.41, 5.74) is -0.948. The number of halogens is 1. The molecule has 0 spiro atoms. The largest absolute Gasteiger partial charge is 0.387 e. The van der Waals surface area contributed by atoms with Crippen molar-refractivity contribution in [1.29, 1.82) is 0 Å². The van der Waals surface area contributed by atoms with E-state index in [2.05, 4.69) is 11.9 Å². The molecule has 3 aliphatic rings. The van der Waals surface area contributed by atoms with E-state index in [4.69, 9.17) is 0 Å². The fraction of sp³-hybridized carbons (Fsp3) is 0.833. The Bertz CT molecular complexity index is 695. The molecule has 3 aliphatic carbocycles. The summed E-state index contributed by atoms with van der Waals surface area (Å²) < 4.78 is 13.3. The third-order valence-corrected chi connectivity index (χ3v) is 9.46. The summed E-state index contributed by atoms with van der Waals surface area (Å²) in [6.07, 6.45) is 13.2. The molecule has 0 bridgehead atoms. The number of alkyl halides is 1. The molecular formula is C24H36FNO2S. The van der Waals surface area contributed by atoms with Crippen molar-refractivity contribution in [3.8, 4) is 0 Å². The minimum absolute atomic E-state index is 0.138. The molecule has 3 fully saturated rings. The predicted octanol–water partition coefficient (Wildman–Crippen LogP) is 5.76. The lowest BCUT2D eigenvalue weighted by molar-refractivity contribution is -0.128. The van der Waals surface area contributed by atoms with Crippen LogP contribution in [0.4, 0.5) is 4.39 Å². The Labute approximate surface area is 178 Å². The summed E-state index contributed by atoms with van der Waals surface area (Å²) in [7, 11) is 0. The Morgan fingerprint density at radius 3 is 2.76 bits per heavy atom. The van der Waals surface area contributed by atoms with E-state index in [9.17, 15) is 14.3 Å². The van der Waals surface area contributed by atoms with Crippen LogP contribution in [0.3, 0.4) is 0 Å². The monoisotopic (exact) mass is 421 g/mol. The molecule has 1 aromatic rings. The van der Waals surface area contributed by atoms with Crippen molar-refractivity contribution in [3.63, 3.8) is 0 Å². The normalized spacial score (nSPS) is 40.8. The molecule has 5 heteroatoms. The number of hydrogen-bond donors (Lipinski definition) is 1. The van der Waals surface area contributed by atoms with Gasteiger partial charge in [-0.05, 0) is 68.1 Å². The molecule has 1 aromatic heterocycles. The Balaban J connectivity index is 1.46. The van der Waals surface area contributed by atoms with Crippen molar-refractivity contribution in [2.45, 2.75) is 89.6 Å². The molecule has 3 saturated carbocycles. The fourth-order valence-corrected chi connectivity index (χ4v) is 7.71. The standard InChI is InChI=1S/C24H36FNO2S/c1-23-12-9-17-5-4-11-24(28,16-25)10-3-2-6-18(17)19(23)7-8-20(23)21(27)15-22-26-13-14-29-22/h13-14,17-20,28H,2-12,15-16H2,1H3. The van der Waals surface area contributed by atoms with Crippen LogP contribution in [0.15, 0.2) is 11.6 Å². The number of thiazole rings is 1. The molecule has 0 saturated heterocycles. The Morgan fingerprint density at radius 2 is 2.00 bits per heavy atom. The molecule has 4 rings (SSSR count). The maximum absolute atomic E-state index is 13.3. The van der Waals surface area contributed by atoms with Gasteiger partial charge in [0.2, 0.25) is 0 Å². The van der Waals surface area contributed by atoms with Crippen molar-refractivity contribution >= 4 is 17.1 Å². The van der Waals surface area contributed by atoms with Crippen LogP contribution in [0.1, 0.15) is 82.6 Å². The molecule has 1 heterocycles. The van der Waals surface area contributed by atoms with Gasteiger partial charge in [-0.3, -0.25) is 4.79 Å². The molecular weight excluding hydrogens is 385 g/mol. The second-order valence-electron chi connectivity index (χ2n) is 10.3. The highest BCUT2D eigenvalue weighted by Gasteiger charge is 2.55. The third-order valence-electron chi connectivity index (χ3n) is 8.68. The van der Waals surface area contributed by atoms with E-state index >= 15 is 0 Å². The van der Waals surface area contributed by atoms with Crippen LogP contribution in [-0.2, 0) is 11.2 Å². The smallest absolute Gasteiger partial charge is 0.143 e. The summed E-state index contributed by atoms with van der Waals surface area (Å²) in [6.45, 7) is 1.79. The van der Waals surface area contributed by atoms with E-state index in [0.717, 1.165) is 43.5 Å². The fourth-order valence-electron chi connectivity index (χ4n) is 7.09. The van der Waals surface area contributed by atoms with Crippen LogP contribution in [0.5, 0.6) is 0 Å². The molecule has 162 valence electrons. The first-order chi connectivity index (χ1) is 14.0. The third kappa shape index (κ3) is 4.32. The number of fused-ring (bicyclic) bond motifs is 3. The van der Waals surface area contributed by atoms with Gasteiger partial charge in [0.25, 0.3) is 0 Å². The minimum Gasteiger partial charge on any atom is -0.387 e. The molecule has 29 heavy (non-hydrogen) atoms. The predicted molar refractivity (Wildman–Crippen MR) is 115 cm³/mol. The zero-order valence-electron chi connectivity index (χ0n) is 17.7. The van der Waals surface area contributed by atoms with Gasteiger partial charge < -0.3 is 5.11 Å². The minimum atomic E-state index is -1.09. The summed E-state index contributed by atoms with van der Waals surface area (Å²) in [5, 5.41) is 13.4. The second-order valence-corrected chi connectivity index (χ2v) is 11.2. The number of nitrogens with zero attached hydrogens (tertiary/aromatic N) is 1. The van der Waals surface area contributed by atoms with Gasteiger partial charge in [0, 0.05) is 17.5 Å². The summed E-state index contributed by atoms with van der Waals surface area (Å²) in [5.74, 6) is 2.61. The zero-order chi connectivity index (χ0) is 20.5. The molecule has 6 unspecified atom stereocenters. The molecule has 0 radical (unpaired) electrons. The molecule has 6 atom stereocenters. The highest BCUT2D eigenvalue weighted by Crippen LogP contribution is 2.61. The van der Waals surface area contributed by atoms with Crippen molar-refractivity contribution < 1.29 is 14.3 Å². The average Bonchev–Trinajstić information content (AvgIpc) is 3.33.